The van der Waals surface area contributed by atoms with E-state index in [1.54, 1.807) is 22.7 Å². The topological polar surface area (TPSA) is 43.3 Å². The van der Waals surface area contributed by atoms with Crippen molar-refractivity contribution in [3.05, 3.63) is 58.9 Å². The lowest BCUT2D eigenvalue weighted by Crippen LogP contribution is -2.02. The molecule has 3 nitrogen and oxygen atoms in total. The fourth-order valence-corrected chi connectivity index (χ4v) is 4.18. The number of thiophene rings is 1. The number of nitrogens with zero attached hydrogens (tertiary/aromatic N) is 2. The Morgan fingerprint density at radius 3 is 2.62 bits per heavy atom. The van der Waals surface area contributed by atoms with Crippen molar-refractivity contribution in [1.29, 1.82) is 0 Å². The van der Waals surface area contributed by atoms with Crippen molar-refractivity contribution in [2.24, 2.45) is 5.73 Å². The molecule has 0 fully saturated rings. The first-order chi connectivity index (χ1) is 10.4. The molecule has 0 saturated heterocycles. The van der Waals surface area contributed by atoms with E-state index in [0.717, 1.165) is 22.0 Å². The summed E-state index contributed by atoms with van der Waals surface area (Å²) in [5, 5.41) is 4.22. The van der Waals surface area contributed by atoms with Gasteiger partial charge < -0.3 is 5.73 Å². The van der Waals surface area contributed by atoms with Crippen molar-refractivity contribution in [2.45, 2.75) is 6.54 Å². The minimum Gasteiger partial charge on any atom is -0.325 e. The molecule has 0 saturated carbocycles. The van der Waals surface area contributed by atoms with Gasteiger partial charge in [-0.15, -0.1) is 22.7 Å². The number of rotatable bonds is 3. The summed E-state index contributed by atoms with van der Waals surface area (Å²) in [4.78, 5) is 6.95. The van der Waals surface area contributed by atoms with Crippen molar-refractivity contribution in [1.82, 2.24) is 9.38 Å². The number of hydrogen-bond acceptors (Lipinski definition) is 4. The van der Waals surface area contributed by atoms with Gasteiger partial charge in [0, 0.05) is 11.9 Å². The average molecular weight is 311 g/mol. The van der Waals surface area contributed by atoms with Crippen LogP contribution in [0.15, 0.2) is 53.2 Å². The van der Waals surface area contributed by atoms with Crippen LogP contribution in [0.4, 0.5) is 0 Å². The zero-order valence-electron chi connectivity index (χ0n) is 11.2. The molecule has 21 heavy (non-hydrogen) atoms. The van der Waals surface area contributed by atoms with Crippen LogP contribution in [0.3, 0.4) is 0 Å². The Hall–Kier alpha value is -1.95. The van der Waals surface area contributed by atoms with Gasteiger partial charge in [0.1, 0.15) is 5.69 Å². The van der Waals surface area contributed by atoms with E-state index in [2.05, 4.69) is 45.5 Å². The Kier molecular flexibility index (Phi) is 3.11. The molecule has 0 bridgehead atoms. The largest absolute Gasteiger partial charge is 0.325 e. The van der Waals surface area contributed by atoms with E-state index >= 15 is 0 Å². The summed E-state index contributed by atoms with van der Waals surface area (Å²) in [6.07, 6.45) is 0. The van der Waals surface area contributed by atoms with Gasteiger partial charge in [0.15, 0.2) is 4.96 Å². The molecule has 0 aliphatic heterocycles. The molecule has 4 aromatic rings. The maximum absolute atomic E-state index is 6.02. The smallest absolute Gasteiger partial charge is 0.195 e. The Balaban J connectivity index is 1.99. The molecular formula is C16H13N3S2. The first-order valence-corrected chi connectivity index (χ1v) is 8.42. The van der Waals surface area contributed by atoms with Gasteiger partial charge in [0.05, 0.1) is 16.3 Å². The molecule has 0 amide bonds. The van der Waals surface area contributed by atoms with Crippen LogP contribution in [-0.4, -0.2) is 9.38 Å². The van der Waals surface area contributed by atoms with E-state index in [4.69, 9.17) is 10.7 Å². The second kappa shape index (κ2) is 5.11. The molecule has 2 N–H and O–H groups in total. The molecule has 0 atom stereocenters. The molecule has 3 aromatic heterocycles. The number of imidazole rings is 1. The van der Waals surface area contributed by atoms with Crippen LogP contribution in [0.25, 0.3) is 26.8 Å². The lowest BCUT2D eigenvalue weighted by atomic mass is 10.2. The third-order valence-corrected chi connectivity index (χ3v) is 5.18. The normalized spacial score (nSPS) is 11.3. The number of nitrogens with two attached hydrogens (primary N) is 1. The number of hydrogen-bond donors (Lipinski definition) is 1. The fraction of sp³-hybridized carbons (Fsp3) is 0.0625. The Morgan fingerprint density at radius 1 is 1.05 bits per heavy atom. The third-order valence-electron chi connectivity index (χ3n) is 3.48. The molecule has 1 aromatic carbocycles. The third kappa shape index (κ3) is 2.01. The summed E-state index contributed by atoms with van der Waals surface area (Å²) in [5.74, 6) is 0. The number of fused-ring (bicyclic) bond motifs is 1. The van der Waals surface area contributed by atoms with E-state index in [-0.39, 0.29) is 0 Å². The summed E-state index contributed by atoms with van der Waals surface area (Å²) in [5.41, 5.74) is 10.5. The van der Waals surface area contributed by atoms with Gasteiger partial charge in [0.2, 0.25) is 0 Å². The highest BCUT2D eigenvalue weighted by Crippen LogP contribution is 2.34. The standard InChI is InChI=1S/C16H13N3S2/c17-9-12-15(14-7-4-8-20-14)18-16-19(12)13(10-21-16)11-5-2-1-3-6-11/h1-8,10H,9,17H2. The Morgan fingerprint density at radius 2 is 1.90 bits per heavy atom. The first kappa shape index (κ1) is 12.8. The van der Waals surface area contributed by atoms with Crippen molar-refractivity contribution < 1.29 is 0 Å². The Labute approximate surface area is 130 Å². The summed E-state index contributed by atoms with van der Waals surface area (Å²) in [6, 6.07) is 14.5. The minimum atomic E-state index is 0.477. The fourth-order valence-electron chi connectivity index (χ4n) is 2.52. The van der Waals surface area contributed by atoms with Crippen LogP contribution in [0.2, 0.25) is 0 Å². The van der Waals surface area contributed by atoms with E-state index < -0.39 is 0 Å². The number of benzene rings is 1. The summed E-state index contributed by atoms with van der Waals surface area (Å²) in [6.45, 7) is 0.477. The summed E-state index contributed by atoms with van der Waals surface area (Å²) >= 11 is 3.36. The van der Waals surface area contributed by atoms with Crippen LogP contribution < -0.4 is 5.73 Å². The highest BCUT2D eigenvalue weighted by molar-refractivity contribution is 7.15. The van der Waals surface area contributed by atoms with Crippen molar-refractivity contribution in [2.75, 3.05) is 0 Å². The number of thiazole rings is 1. The lowest BCUT2D eigenvalue weighted by Gasteiger charge is -2.04. The van der Waals surface area contributed by atoms with E-state index in [1.165, 1.54) is 10.4 Å². The van der Waals surface area contributed by atoms with Crippen molar-refractivity contribution in [3.8, 4) is 21.8 Å². The van der Waals surface area contributed by atoms with Gasteiger partial charge in [0.25, 0.3) is 0 Å². The minimum absolute atomic E-state index is 0.477. The molecule has 0 radical (unpaired) electrons. The molecule has 3 heterocycles. The van der Waals surface area contributed by atoms with Gasteiger partial charge in [-0.05, 0) is 17.0 Å². The van der Waals surface area contributed by atoms with Gasteiger partial charge in [-0.25, -0.2) is 4.98 Å². The van der Waals surface area contributed by atoms with E-state index in [0.29, 0.717) is 6.54 Å². The lowest BCUT2D eigenvalue weighted by molar-refractivity contribution is 0.974. The molecule has 0 aliphatic carbocycles. The SMILES string of the molecule is NCc1c(-c2cccs2)nc2scc(-c3ccccc3)n12. The monoisotopic (exact) mass is 311 g/mol. The van der Waals surface area contributed by atoms with Crippen molar-refractivity contribution >= 4 is 27.6 Å². The van der Waals surface area contributed by atoms with E-state index in [1.807, 2.05) is 12.1 Å². The maximum atomic E-state index is 6.02. The zero-order chi connectivity index (χ0) is 14.2. The van der Waals surface area contributed by atoms with Gasteiger partial charge in [-0.1, -0.05) is 36.4 Å². The molecule has 0 aliphatic rings. The van der Waals surface area contributed by atoms with Gasteiger partial charge in [-0.3, -0.25) is 4.40 Å². The summed E-state index contributed by atoms with van der Waals surface area (Å²) < 4.78 is 2.19. The van der Waals surface area contributed by atoms with Crippen LogP contribution in [0.1, 0.15) is 5.69 Å². The predicted molar refractivity (Wildman–Crippen MR) is 89.7 cm³/mol. The highest BCUT2D eigenvalue weighted by atomic mass is 32.1. The summed E-state index contributed by atoms with van der Waals surface area (Å²) in [7, 11) is 0. The molecular weight excluding hydrogens is 298 g/mol. The quantitative estimate of drug-likeness (QED) is 0.614. The molecule has 0 spiro atoms. The highest BCUT2D eigenvalue weighted by Gasteiger charge is 2.18. The molecule has 0 unspecified atom stereocenters. The van der Waals surface area contributed by atoms with Gasteiger partial charge in [-0.2, -0.15) is 0 Å². The van der Waals surface area contributed by atoms with E-state index in [9.17, 15) is 0 Å². The number of aromatic nitrogens is 2. The second-order valence-electron chi connectivity index (χ2n) is 4.69. The maximum Gasteiger partial charge on any atom is 0.195 e. The molecule has 104 valence electrons. The van der Waals surface area contributed by atoms with Crippen LogP contribution in [0, 0.1) is 0 Å². The molecule has 5 heteroatoms. The zero-order valence-corrected chi connectivity index (χ0v) is 12.8. The van der Waals surface area contributed by atoms with Crippen LogP contribution in [-0.2, 0) is 6.54 Å². The first-order valence-electron chi connectivity index (χ1n) is 6.66. The second-order valence-corrected chi connectivity index (χ2v) is 6.48. The predicted octanol–water partition coefficient (Wildman–Crippen LogP) is 4.25. The van der Waals surface area contributed by atoms with Crippen LogP contribution in [0.5, 0.6) is 0 Å². The van der Waals surface area contributed by atoms with Crippen LogP contribution >= 0.6 is 22.7 Å². The molecule has 4 rings (SSSR count). The van der Waals surface area contributed by atoms with Crippen molar-refractivity contribution in [3.63, 3.8) is 0 Å². The average Bonchev–Trinajstić information content (AvgIpc) is 3.23. The van der Waals surface area contributed by atoms with Gasteiger partial charge >= 0.3 is 0 Å². The Bertz CT molecular complexity index is 873.